The predicted octanol–water partition coefficient (Wildman–Crippen LogP) is 4.06. The third kappa shape index (κ3) is 2.38. The number of anilines is 1. The van der Waals surface area contributed by atoms with Crippen molar-refractivity contribution < 1.29 is 0 Å². The van der Waals surface area contributed by atoms with Gasteiger partial charge in [0, 0.05) is 24.5 Å². The molecule has 0 radical (unpaired) electrons. The van der Waals surface area contributed by atoms with Crippen LogP contribution < -0.4 is 4.90 Å². The van der Waals surface area contributed by atoms with Crippen molar-refractivity contribution in [3.8, 4) is 6.07 Å². The van der Waals surface area contributed by atoms with Crippen molar-refractivity contribution in [2.24, 2.45) is 5.92 Å². The second-order valence-electron chi connectivity index (χ2n) is 5.87. The summed E-state index contributed by atoms with van der Waals surface area (Å²) in [6.45, 7) is 1.02. The summed E-state index contributed by atoms with van der Waals surface area (Å²) in [5.41, 5.74) is 1.82. The first-order chi connectivity index (χ1) is 9.79. The van der Waals surface area contributed by atoms with Crippen molar-refractivity contribution in [2.75, 3.05) is 18.5 Å². The number of benzene rings is 1. The number of fused-ring (bicyclic) bond motifs is 1. The van der Waals surface area contributed by atoms with Crippen LogP contribution in [0.25, 0.3) is 10.9 Å². The highest BCUT2D eigenvalue weighted by Gasteiger charge is 2.18. The van der Waals surface area contributed by atoms with Crippen LogP contribution in [0.5, 0.6) is 0 Å². The lowest BCUT2D eigenvalue weighted by Gasteiger charge is -2.20. The van der Waals surface area contributed by atoms with Crippen molar-refractivity contribution in [1.82, 2.24) is 4.98 Å². The highest BCUT2D eigenvalue weighted by molar-refractivity contribution is 5.91. The smallest absolute Gasteiger partial charge is 0.124 e. The van der Waals surface area contributed by atoms with Gasteiger partial charge in [-0.25, -0.2) is 0 Å². The third-order valence-corrected chi connectivity index (χ3v) is 4.53. The van der Waals surface area contributed by atoms with Crippen molar-refractivity contribution >= 4 is 16.7 Å². The fraction of sp³-hybridized carbons (Fsp3) is 0.471. The van der Waals surface area contributed by atoms with Crippen molar-refractivity contribution in [3.05, 3.63) is 29.8 Å². The Kier molecular flexibility index (Phi) is 3.64. The summed E-state index contributed by atoms with van der Waals surface area (Å²) in [5, 5.41) is 10.5. The zero-order chi connectivity index (χ0) is 13.9. The van der Waals surface area contributed by atoms with E-state index in [2.05, 4.69) is 23.0 Å². The molecule has 0 saturated heterocycles. The molecule has 1 N–H and O–H groups in total. The fourth-order valence-electron chi connectivity index (χ4n) is 3.31. The van der Waals surface area contributed by atoms with Gasteiger partial charge in [-0.2, -0.15) is 5.26 Å². The molecule has 0 aliphatic heterocycles. The Bertz CT molecular complexity index is 629. The van der Waals surface area contributed by atoms with E-state index in [-0.39, 0.29) is 0 Å². The number of para-hydroxylation sites is 1. The normalized spacial score (nSPS) is 15.6. The van der Waals surface area contributed by atoms with Crippen LogP contribution in [0.1, 0.15) is 37.7 Å². The summed E-state index contributed by atoms with van der Waals surface area (Å²) >= 11 is 0. The second kappa shape index (κ2) is 5.58. The molecular formula is C17H21N3. The molecule has 0 atom stereocenters. The molecule has 1 heterocycles. The Balaban J connectivity index is 1.80. The van der Waals surface area contributed by atoms with Gasteiger partial charge in [0.1, 0.15) is 17.5 Å². The van der Waals surface area contributed by atoms with Crippen molar-refractivity contribution in [1.29, 1.82) is 5.26 Å². The van der Waals surface area contributed by atoms with E-state index in [4.69, 9.17) is 0 Å². The molecule has 1 saturated carbocycles. The van der Waals surface area contributed by atoms with Gasteiger partial charge in [0.15, 0.2) is 0 Å². The van der Waals surface area contributed by atoms with Crippen LogP contribution in [-0.4, -0.2) is 18.6 Å². The van der Waals surface area contributed by atoms with E-state index >= 15 is 0 Å². The second-order valence-corrected chi connectivity index (χ2v) is 5.87. The standard InChI is InChI=1S/C17H21N3/c1-20(11-10-13-6-2-3-7-13)17-15(12-18)14-8-4-5-9-16(14)19-17/h4-5,8-9,13,19H,2-3,6-7,10-11H2,1H3. The van der Waals surface area contributed by atoms with E-state index in [0.29, 0.717) is 0 Å². The molecule has 3 heteroatoms. The van der Waals surface area contributed by atoms with Crippen LogP contribution in [0.4, 0.5) is 5.82 Å². The summed E-state index contributed by atoms with van der Waals surface area (Å²) in [4.78, 5) is 5.60. The number of nitriles is 1. The molecule has 0 amide bonds. The van der Waals surface area contributed by atoms with Gasteiger partial charge in [0.25, 0.3) is 0 Å². The number of H-pyrrole nitrogens is 1. The zero-order valence-electron chi connectivity index (χ0n) is 12.0. The zero-order valence-corrected chi connectivity index (χ0v) is 12.0. The molecule has 2 aromatic rings. The van der Waals surface area contributed by atoms with Crippen LogP contribution in [-0.2, 0) is 0 Å². The molecule has 0 unspecified atom stereocenters. The molecule has 3 rings (SSSR count). The van der Waals surface area contributed by atoms with E-state index < -0.39 is 0 Å². The van der Waals surface area contributed by atoms with Gasteiger partial charge in [0.05, 0.1) is 0 Å². The Morgan fingerprint density at radius 2 is 2.05 bits per heavy atom. The van der Waals surface area contributed by atoms with Gasteiger partial charge in [-0.3, -0.25) is 0 Å². The molecule has 1 aliphatic carbocycles. The summed E-state index contributed by atoms with van der Waals surface area (Å²) < 4.78 is 0. The van der Waals surface area contributed by atoms with Crippen molar-refractivity contribution in [3.63, 3.8) is 0 Å². The molecule has 20 heavy (non-hydrogen) atoms. The number of hydrogen-bond acceptors (Lipinski definition) is 2. The first-order valence-electron chi connectivity index (χ1n) is 7.51. The fourth-order valence-corrected chi connectivity index (χ4v) is 3.31. The Morgan fingerprint density at radius 1 is 1.30 bits per heavy atom. The highest BCUT2D eigenvalue weighted by atomic mass is 15.2. The van der Waals surface area contributed by atoms with E-state index in [9.17, 15) is 5.26 Å². The maximum atomic E-state index is 9.44. The van der Waals surface area contributed by atoms with Crippen LogP contribution in [0.15, 0.2) is 24.3 Å². The molecule has 104 valence electrons. The van der Waals surface area contributed by atoms with Gasteiger partial charge >= 0.3 is 0 Å². The number of hydrogen-bond donors (Lipinski definition) is 1. The van der Waals surface area contributed by atoms with Gasteiger partial charge in [-0.05, 0) is 18.4 Å². The highest BCUT2D eigenvalue weighted by Crippen LogP contribution is 2.30. The largest absolute Gasteiger partial charge is 0.360 e. The molecule has 0 bridgehead atoms. The number of nitrogens with zero attached hydrogens (tertiary/aromatic N) is 2. The topological polar surface area (TPSA) is 42.8 Å². The number of rotatable bonds is 4. The number of aromatic nitrogens is 1. The quantitative estimate of drug-likeness (QED) is 0.907. The molecule has 3 nitrogen and oxygen atoms in total. The lowest BCUT2D eigenvalue weighted by atomic mass is 10.0. The minimum absolute atomic E-state index is 0.773. The number of nitrogens with one attached hydrogen (secondary N) is 1. The van der Waals surface area contributed by atoms with E-state index in [1.807, 2.05) is 24.3 Å². The van der Waals surface area contributed by atoms with E-state index in [1.165, 1.54) is 32.1 Å². The molecular weight excluding hydrogens is 246 g/mol. The minimum atomic E-state index is 0.773. The van der Waals surface area contributed by atoms with E-state index in [0.717, 1.165) is 34.7 Å². The minimum Gasteiger partial charge on any atom is -0.360 e. The predicted molar refractivity (Wildman–Crippen MR) is 82.9 cm³/mol. The van der Waals surface area contributed by atoms with Crippen LogP contribution in [0.2, 0.25) is 0 Å². The molecule has 1 aliphatic rings. The van der Waals surface area contributed by atoms with Gasteiger partial charge in [-0.1, -0.05) is 43.9 Å². The maximum Gasteiger partial charge on any atom is 0.124 e. The van der Waals surface area contributed by atoms with Gasteiger partial charge in [-0.15, -0.1) is 0 Å². The summed E-state index contributed by atoms with van der Waals surface area (Å²) in [6, 6.07) is 10.4. The first-order valence-corrected chi connectivity index (χ1v) is 7.51. The lowest BCUT2D eigenvalue weighted by Crippen LogP contribution is -2.21. The molecule has 1 aromatic heterocycles. The van der Waals surface area contributed by atoms with Crippen LogP contribution in [0, 0.1) is 17.2 Å². The molecule has 1 fully saturated rings. The van der Waals surface area contributed by atoms with Crippen LogP contribution >= 0.6 is 0 Å². The Morgan fingerprint density at radius 3 is 2.80 bits per heavy atom. The average Bonchev–Trinajstić information content (AvgIpc) is 3.11. The Labute approximate surface area is 120 Å². The first kappa shape index (κ1) is 13.1. The summed E-state index contributed by atoms with van der Waals surface area (Å²) in [6.07, 6.45) is 6.78. The van der Waals surface area contributed by atoms with E-state index in [1.54, 1.807) is 0 Å². The maximum absolute atomic E-state index is 9.44. The third-order valence-electron chi connectivity index (χ3n) is 4.53. The van der Waals surface area contributed by atoms with Gasteiger partial charge < -0.3 is 9.88 Å². The summed E-state index contributed by atoms with van der Waals surface area (Å²) in [5.74, 6) is 1.85. The van der Waals surface area contributed by atoms with Gasteiger partial charge in [0.2, 0.25) is 0 Å². The monoisotopic (exact) mass is 267 g/mol. The summed E-state index contributed by atoms with van der Waals surface area (Å²) in [7, 11) is 2.08. The Hall–Kier alpha value is -1.95. The SMILES string of the molecule is CN(CCC1CCCC1)c1[nH]c2ccccc2c1C#N. The van der Waals surface area contributed by atoms with Crippen molar-refractivity contribution in [2.45, 2.75) is 32.1 Å². The lowest BCUT2D eigenvalue weighted by molar-refractivity contribution is 0.505. The van der Waals surface area contributed by atoms with Crippen LogP contribution in [0.3, 0.4) is 0 Å². The molecule has 0 spiro atoms. The average molecular weight is 267 g/mol. The molecule has 1 aromatic carbocycles. The number of aromatic amines is 1.